The summed E-state index contributed by atoms with van der Waals surface area (Å²) in [6, 6.07) is 15.7. The third kappa shape index (κ3) is 4.32. The van der Waals surface area contributed by atoms with E-state index in [1.165, 1.54) is 11.6 Å². The van der Waals surface area contributed by atoms with E-state index in [0.29, 0.717) is 12.6 Å². The quantitative estimate of drug-likeness (QED) is 0.821. The molecule has 0 radical (unpaired) electrons. The van der Waals surface area contributed by atoms with E-state index in [-0.39, 0.29) is 10.8 Å². The van der Waals surface area contributed by atoms with E-state index in [2.05, 4.69) is 36.5 Å². The first-order valence-electron chi connectivity index (χ1n) is 6.90. The largest absolute Gasteiger partial charge is 0.310 e. The molecule has 1 atom stereocenters. The minimum Gasteiger partial charge on any atom is -0.310 e. The van der Waals surface area contributed by atoms with Gasteiger partial charge in [-0.2, -0.15) is 0 Å². The molecule has 0 spiro atoms. The predicted octanol–water partition coefficient (Wildman–Crippen LogP) is 4.59. The van der Waals surface area contributed by atoms with Gasteiger partial charge in [-0.1, -0.05) is 54.9 Å². The van der Waals surface area contributed by atoms with Crippen LogP contribution in [0, 0.1) is 5.82 Å². The monoisotopic (exact) mass is 291 g/mol. The Bertz CT molecular complexity index is 542. The third-order valence-corrected chi connectivity index (χ3v) is 3.69. The van der Waals surface area contributed by atoms with E-state index < -0.39 is 0 Å². The molecule has 0 aromatic heterocycles. The van der Waals surface area contributed by atoms with Gasteiger partial charge < -0.3 is 5.32 Å². The Morgan fingerprint density at radius 1 is 1.10 bits per heavy atom. The molecule has 2 aromatic carbocycles. The summed E-state index contributed by atoms with van der Waals surface area (Å²) in [7, 11) is 0. The third-order valence-electron chi connectivity index (χ3n) is 3.40. The average Bonchev–Trinajstić information content (AvgIpc) is 2.48. The van der Waals surface area contributed by atoms with Gasteiger partial charge in [-0.3, -0.25) is 0 Å². The maximum atomic E-state index is 13.1. The van der Waals surface area contributed by atoms with Gasteiger partial charge in [0.05, 0.1) is 5.02 Å². The van der Waals surface area contributed by atoms with Crippen LogP contribution in [0.3, 0.4) is 0 Å². The Balaban J connectivity index is 1.92. The molecule has 106 valence electrons. The molecule has 2 aromatic rings. The van der Waals surface area contributed by atoms with Crippen LogP contribution in [-0.2, 0) is 13.0 Å². The van der Waals surface area contributed by atoms with Crippen LogP contribution in [0.5, 0.6) is 0 Å². The molecule has 3 heteroatoms. The van der Waals surface area contributed by atoms with Crippen LogP contribution >= 0.6 is 11.6 Å². The van der Waals surface area contributed by atoms with E-state index in [9.17, 15) is 4.39 Å². The molecule has 0 aliphatic heterocycles. The smallest absolute Gasteiger partial charge is 0.141 e. The summed E-state index contributed by atoms with van der Waals surface area (Å²) in [5.41, 5.74) is 2.33. The molecular weight excluding hydrogens is 273 g/mol. The van der Waals surface area contributed by atoms with Crippen molar-refractivity contribution < 1.29 is 4.39 Å². The number of halogens is 2. The van der Waals surface area contributed by atoms with Gasteiger partial charge in [0, 0.05) is 12.6 Å². The van der Waals surface area contributed by atoms with Gasteiger partial charge in [-0.25, -0.2) is 4.39 Å². The zero-order valence-corrected chi connectivity index (χ0v) is 12.3. The minimum absolute atomic E-state index is 0.181. The van der Waals surface area contributed by atoms with E-state index in [4.69, 9.17) is 11.6 Å². The van der Waals surface area contributed by atoms with Gasteiger partial charge in [-0.15, -0.1) is 0 Å². The minimum atomic E-state index is -0.369. The lowest BCUT2D eigenvalue weighted by atomic mass is 10.0. The molecule has 1 unspecified atom stereocenters. The molecule has 2 rings (SSSR count). The number of nitrogens with one attached hydrogen (secondary N) is 1. The van der Waals surface area contributed by atoms with Crippen LogP contribution < -0.4 is 5.32 Å². The van der Waals surface area contributed by atoms with Crippen molar-refractivity contribution in [2.75, 3.05) is 0 Å². The molecule has 0 fully saturated rings. The Morgan fingerprint density at radius 3 is 2.50 bits per heavy atom. The summed E-state index contributed by atoms with van der Waals surface area (Å²) in [5, 5.41) is 3.68. The van der Waals surface area contributed by atoms with Crippen LogP contribution in [-0.4, -0.2) is 6.04 Å². The van der Waals surface area contributed by atoms with Crippen LogP contribution in [0.2, 0.25) is 5.02 Å². The summed E-state index contributed by atoms with van der Waals surface area (Å²) in [5.74, 6) is -0.369. The van der Waals surface area contributed by atoms with Crippen LogP contribution in [0.1, 0.15) is 24.5 Å². The van der Waals surface area contributed by atoms with Crippen molar-refractivity contribution in [3.8, 4) is 0 Å². The molecule has 0 amide bonds. The zero-order valence-electron chi connectivity index (χ0n) is 11.6. The van der Waals surface area contributed by atoms with Gasteiger partial charge in [0.25, 0.3) is 0 Å². The molecule has 0 bridgehead atoms. The Labute approximate surface area is 124 Å². The normalized spacial score (nSPS) is 12.3. The second-order valence-corrected chi connectivity index (χ2v) is 5.33. The van der Waals surface area contributed by atoms with E-state index in [0.717, 1.165) is 18.4 Å². The Hall–Kier alpha value is -1.38. The highest BCUT2D eigenvalue weighted by molar-refractivity contribution is 6.30. The molecular formula is C17H19ClFN. The van der Waals surface area contributed by atoms with Gasteiger partial charge in [0.15, 0.2) is 0 Å². The van der Waals surface area contributed by atoms with Crippen LogP contribution in [0.4, 0.5) is 4.39 Å². The second kappa shape index (κ2) is 7.41. The molecule has 1 N–H and O–H groups in total. The van der Waals surface area contributed by atoms with Crippen molar-refractivity contribution in [2.45, 2.75) is 32.4 Å². The standard InChI is InChI=1S/C17H19ClFN/c1-2-15(10-13-6-4-3-5-7-13)20-12-14-8-9-17(19)16(18)11-14/h3-9,11,15,20H,2,10,12H2,1H3. The topological polar surface area (TPSA) is 12.0 Å². The molecule has 1 nitrogen and oxygen atoms in total. The predicted molar refractivity (Wildman–Crippen MR) is 82.5 cm³/mol. The van der Waals surface area contributed by atoms with Crippen molar-refractivity contribution in [3.05, 3.63) is 70.5 Å². The Kier molecular flexibility index (Phi) is 5.57. The lowest BCUT2D eigenvalue weighted by Gasteiger charge is -2.17. The molecule has 0 aliphatic rings. The maximum absolute atomic E-state index is 13.1. The first kappa shape index (κ1) is 15.0. The van der Waals surface area contributed by atoms with E-state index >= 15 is 0 Å². The van der Waals surface area contributed by atoms with Crippen LogP contribution in [0.25, 0.3) is 0 Å². The van der Waals surface area contributed by atoms with Gasteiger partial charge in [0.2, 0.25) is 0 Å². The van der Waals surface area contributed by atoms with Gasteiger partial charge in [-0.05, 0) is 36.1 Å². The van der Waals surface area contributed by atoms with Gasteiger partial charge >= 0.3 is 0 Å². The van der Waals surface area contributed by atoms with Crippen LogP contribution in [0.15, 0.2) is 48.5 Å². The summed E-state index contributed by atoms with van der Waals surface area (Å²) in [4.78, 5) is 0. The number of hydrogen-bond donors (Lipinski definition) is 1. The molecule has 0 saturated carbocycles. The zero-order chi connectivity index (χ0) is 14.4. The second-order valence-electron chi connectivity index (χ2n) is 4.92. The highest BCUT2D eigenvalue weighted by atomic mass is 35.5. The summed E-state index contributed by atoms with van der Waals surface area (Å²) in [6.45, 7) is 2.86. The van der Waals surface area contributed by atoms with Crippen molar-refractivity contribution in [2.24, 2.45) is 0 Å². The SMILES string of the molecule is CCC(Cc1ccccc1)NCc1ccc(F)c(Cl)c1. The van der Waals surface area contributed by atoms with Gasteiger partial charge in [0.1, 0.15) is 5.82 Å². The fourth-order valence-electron chi connectivity index (χ4n) is 2.17. The summed E-state index contributed by atoms with van der Waals surface area (Å²) < 4.78 is 13.1. The number of hydrogen-bond acceptors (Lipinski definition) is 1. The average molecular weight is 292 g/mol. The maximum Gasteiger partial charge on any atom is 0.141 e. The lowest BCUT2D eigenvalue weighted by molar-refractivity contribution is 0.494. The summed E-state index contributed by atoms with van der Waals surface area (Å²) in [6.07, 6.45) is 2.04. The lowest BCUT2D eigenvalue weighted by Crippen LogP contribution is -2.30. The highest BCUT2D eigenvalue weighted by Gasteiger charge is 2.07. The number of rotatable bonds is 6. The molecule has 0 saturated heterocycles. The summed E-state index contributed by atoms with van der Waals surface area (Å²) >= 11 is 5.79. The first-order valence-corrected chi connectivity index (χ1v) is 7.28. The fraction of sp³-hybridized carbons (Fsp3) is 0.294. The van der Waals surface area contributed by atoms with E-state index in [1.54, 1.807) is 12.1 Å². The van der Waals surface area contributed by atoms with Crippen molar-refractivity contribution >= 4 is 11.6 Å². The molecule has 0 heterocycles. The van der Waals surface area contributed by atoms with Crippen molar-refractivity contribution in [3.63, 3.8) is 0 Å². The fourth-order valence-corrected chi connectivity index (χ4v) is 2.37. The molecule has 20 heavy (non-hydrogen) atoms. The van der Waals surface area contributed by atoms with E-state index in [1.807, 2.05) is 6.07 Å². The van der Waals surface area contributed by atoms with Crippen molar-refractivity contribution in [1.29, 1.82) is 0 Å². The highest BCUT2D eigenvalue weighted by Crippen LogP contribution is 2.16. The number of benzene rings is 2. The molecule has 0 aliphatic carbocycles. The first-order chi connectivity index (χ1) is 9.69. The van der Waals surface area contributed by atoms with Crippen molar-refractivity contribution in [1.82, 2.24) is 5.32 Å². The Morgan fingerprint density at radius 2 is 1.85 bits per heavy atom.